The van der Waals surface area contributed by atoms with Crippen LogP contribution in [0.15, 0.2) is 120 Å². The van der Waals surface area contributed by atoms with Crippen LogP contribution in [0.1, 0.15) is 21.5 Å². The molecule has 172 valence electrons. The van der Waals surface area contributed by atoms with Crippen molar-refractivity contribution in [1.29, 1.82) is 0 Å². The van der Waals surface area contributed by atoms with Crippen LogP contribution in [0.2, 0.25) is 0 Å². The number of benzene rings is 4. The predicted octanol–water partition coefficient (Wildman–Crippen LogP) is 5.37. The van der Waals surface area contributed by atoms with Crippen molar-refractivity contribution in [2.24, 2.45) is 0 Å². The lowest BCUT2D eigenvalue weighted by atomic mass is 10.1. The Hall–Kier alpha value is -3.90. The molecule has 0 bridgehead atoms. The second-order valence-electron chi connectivity index (χ2n) is 7.94. The highest BCUT2D eigenvalue weighted by molar-refractivity contribution is 7.92. The van der Waals surface area contributed by atoms with Gasteiger partial charge in [-0.25, -0.2) is 8.42 Å². The molecule has 0 heterocycles. The molecule has 4 aromatic rings. The molecule has 0 unspecified atom stereocenters. The zero-order valence-electron chi connectivity index (χ0n) is 18.7. The van der Waals surface area contributed by atoms with E-state index >= 15 is 0 Å². The van der Waals surface area contributed by atoms with Gasteiger partial charge in [-0.3, -0.25) is 9.52 Å². The summed E-state index contributed by atoms with van der Waals surface area (Å²) in [7, 11) is -3.75. The standard InChI is InChI=1S/C28H26N2O3S/c31-28(25-16-18-27(19-17-25)34(32,33)29-26-14-8-3-9-15-26)30(22-24-12-6-2-7-13-24)21-20-23-10-4-1-5-11-23/h1-19,29H,20-22H2. The summed E-state index contributed by atoms with van der Waals surface area (Å²) in [5.41, 5.74) is 3.12. The first-order chi connectivity index (χ1) is 16.5. The fourth-order valence-corrected chi connectivity index (χ4v) is 4.70. The number of hydrogen-bond acceptors (Lipinski definition) is 3. The number of nitrogens with one attached hydrogen (secondary N) is 1. The van der Waals surface area contributed by atoms with Crippen LogP contribution in [0.3, 0.4) is 0 Å². The molecule has 1 N–H and O–H groups in total. The molecule has 4 aromatic carbocycles. The summed E-state index contributed by atoms with van der Waals surface area (Å²) in [6.45, 7) is 1.02. The fraction of sp³-hybridized carbons (Fsp3) is 0.107. The Bertz CT molecular complexity index is 1310. The Morgan fingerprint density at radius 3 is 1.79 bits per heavy atom. The van der Waals surface area contributed by atoms with Gasteiger partial charge in [-0.2, -0.15) is 0 Å². The van der Waals surface area contributed by atoms with Gasteiger partial charge in [0.25, 0.3) is 15.9 Å². The van der Waals surface area contributed by atoms with E-state index in [9.17, 15) is 13.2 Å². The third-order valence-corrected chi connectivity index (χ3v) is 6.85. The van der Waals surface area contributed by atoms with Gasteiger partial charge < -0.3 is 4.90 Å². The Balaban J connectivity index is 1.51. The van der Waals surface area contributed by atoms with Gasteiger partial charge in [-0.15, -0.1) is 0 Å². The first-order valence-electron chi connectivity index (χ1n) is 11.1. The van der Waals surface area contributed by atoms with Gasteiger partial charge in [-0.1, -0.05) is 78.9 Å². The molecule has 0 fully saturated rings. The summed E-state index contributed by atoms with van der Waals surface area (Å²) in [6, 6.07) is 34.7. The normalized spacial score (nSPS) is 11.1. The summed E-state index contributed by atoms with van der Waals surface area (Å²) in [6.07, 6.45) is 0.729. The molecular formula is C28H26N2O3S. The lowest BCUT2D eigenvalue weighted by Gasteiger charge is -2.23. The topological polar surface area (TPSA) is 66.5 Å². The SMILES string of the molecule is O=C(c1ccc(S(=O)(=O)Nc2ccccc2)cc1)N(CCc1ccccc1)Cc1ccccc1. The van der Waals surface area contributed by atoms with Crippen LogP contribution in [0.4, 0.5) is 5.69 Å². The number of amides is 1. The number of para-hydroxylation sites is 1. The molecule has 6 heteroatoms. The number of nitrogens with zero attached hydrogens (tertiary/aromatic N) is 1. The van der Waals surface area contributed by atoms with Gasteiger partial charge in [0.2, 0.25) is 0 Å². The van der Waals surface area contributed by atoms with E-state index in [1.165, 1.54) is 12.1 Å². The summed E-state index contributed by atoms with van der Waals surface area (Å²) >= 11 is 0. The van der Waals surface area contributed by atoms with Gasteiger partial charge in [-0.05, 0) is 53.9 Å². The minimum absolute atomic E-state index is 0.104. The Kier molecular flexibility index (Phi) is 7.40. The van der Waals surface area contributed by atoms with E-state index in [1.807, 2.05) is 66.7 Å². The molecule has 4 rings (SSSR count). The van der Waals surface area contributed by atoms with Gasteiger partial charge in [0.1, 0.15) is 0 Å². The van der Waals surface area contributed by atoms with Crippen molar-refractivity contribution in [3.8, 4) is 0 Å². The molecule has 5 nitrogen and oxygen atoms in total. The molecule has 1 amide bonds. The molecule has 34 heavy (non-hydrogen) atoms. The maximum Gasteiger partial charge on any atom is 0.261 e. The van der Waals surface area contributed by atoms with Crippen LogP contribution >= 0.6 is 0 Å². The van der Waals surface area contributed by atoms with Crippen molar-refractivity contribution >= 4 is 21.6 Å². The second-order valence-corrected chi connectivity index (χ2v) is 9.63. The Morgan fingerprint density at radius 1 is 0.676 bits per heavy atom. The quantitative estimate of drug-likeness (QED) is 0.358. The number of carbonyl (C=O) groups excluding carboxylic acids is 1. The molecule has 0 saturated carbocycles. The van der Waals surface area contributed by atoms with Crippen LogP contribution in [-0.2, 0) is 23.0 Å². The minimum atomic E-state index is -3.75. The van der Waals surface area contributed by atoms with Crippen molar-refractivity contribution in [2.45, 2.75) is 17.9 Å². The number of sulfonamides is 1. The van der Waals surface area contributed by atoms with Gasteiger partial charge in [0.05, 0.1) is 4.90 Å². The van der Waals surface area contributed by atoms with Crippen molar-refractivity contribution < 1.29 is 13.2 Å². The fourth-order valence-electron chi connectivity index (χ4n) is 3.64. The third kappa shape index (κ3) is 6.11. The lowest BCUT2D eigenvalue weighted by molar-refractivity contribution is 0.0745. The minimum Gasteiger partial charge on any atom is -0.334 e. The van der Waals surface area contributed by atoms with E-state index in [4.69, 9.17) is 0 Å². The zero-order valence-corrected chi connectivity index (χ0v) is 19.5. The molecule has 0 aromatic heterocycles. The van der Waals surface area contributed by atoms with Crippen molar-refractivity contribution in [3.05, 3.63) is 132 Å². The van der Waals surface area contributed by atoms with Crippen LogP contribution < -0.4 is 4.72 Å². The molecule has 0 saturated heterocycles. The Morgan fingerprint density at radius 2 is 1.21 bits per heavy atom. The van der Waals surface area contributed by atoms with Gasteiger partial charge >= 0.3 is 0 Å². The van der Waals surface area contributed by atoms with Gasteiger partial charge in [0, 0.05) is 24.3 Å². The molecule has 0 spiro atoms. The largest absolute Gasteiger partial charge is 0.334 e. The zero-order chi connectivity index (χ0) is 23.8. The summed E-state index contributed by atoms with van der Waals surface area (Å²) in [5.74, 6) is -0.139. The van der Waals surface area contributed by atoms with Crippen molar-refractivity contribution in [3.63, 3.8) is 0 Å². The smallest absolute Gasteiger partial charge is 0.261 e. The van der Waals surface area contributed by atoms with E-state index in [1.54, 1.807) is 41.3 Å². The number of anilines is 1. The van der Waals surface area contributed by atoms with Crippen molar-refractivity contribution in [2.75, 3.05) is 11.3 Å². The van der Waals surface area contributed by atoms with Crippen LogP contribution in [0, 0.1) is 0 Å². The summed E-state index contributed by atoms with van der Waals surface area (Å²) in [5, 5.41) is 0. The summed E-state index contributed by atoms with van der Waals surface area (Å²) < 4.78 is 28.0. The molecule has 0 aliphatic rings. The van der Waals surface area contributed by atoms with E-state index in [2.05, 4.69) is 4.72 Å². The Labute approximate surface area is 200 Å². The van der Waals surface area contributed by atoms with Gasteiger partial charge in [0.15, 0.2) is 0 Å². The highest BCUT2D eigenvalue weighted by atomic mass is 32.2. The maximum atomic E-state index is 13.4. The number of hydrogen-bond donors (Lipinski definition) is 1. The highest BCUT2D eigenvalue weighted by Crippen LogP contribution is 2.18. The molecule has 0 atom stereocenters. The number of rotatable bonds is 9. The van der Waals surface area contributed by atoms with E-state index in [-0.39, 0.29) is 10.8 Å². The van der Waals surface area contributed by atoms with Crippen LogP contribution in [-0.4, -0.2) is 25.8 Å². The van der Waals surface area contributed by atoms with Crippen LogP contribution in [0.5, 0.6) is 0 Å². The van der Waals surface area contributed by atoms with E-state index < -0.39 is 10.0 Å². The van der Waals surface area contributed by atoms with E-state index in [0.29, 0.717) is 24.3 Å². The monoisotopic (exact) mass is 470 g/mol. The number of carbonyl (C=O) groups is 1. The molecule has 0 radical (unpaired) electrons. The first kappa shape index (κ1) is 23.3. The first-order valence-corrected chi connectivity index (χ1v) is 12.5. The molecular weight excluding hydrogens is 444 g/mol. The summed E-state index contributed by atoms with van der Waals surface area (Å²) in [4.78, 5) is 15.3. The second kappa shape index (κ2) is 10.8. The third-order valence-electron chi connectivity index (χ3n) is 5.45. The maximum absolute atomic E-state index is 13.4. The average molecular weight is 471 g/mol. The van der Waals surface area contributed by atoms with E-state index in [0.717, 1.165) is 17.5 Å². The average Bonchev–Trinajstić information content (AvgIpc) is 2.88. The lowest BCUT2D eigenvalue weighted by Crippen LogP contribution is -2.32. The van der Waals surface area contributed by atoms with Crippen molar-refractivity contribution in [1.82, 2.24) is 4.90 Å². The predicted molar refractivity (Wildman–Crippen MR) is 135 cm³/mol. The molecule has 0 aliphatic carbocycles. The molecule has 0 aliphatic heterocycles. The highest BCUT2D eigenvalue weighted by Gasteiger charge is 2.19. The van der Waals surface area contributed by atoms with Crippen LogP contribution in [0.25, 0.3) is 0 Å².